The molecule has 0 aromatic rings. The Morgan fingerprint density at radius 3 is 2.53 bits per heavy atom. The van der Waals surface area contributed by atoms with Crippen molar-refractivity contribution in [3.05, 3.63) is 0 Å². The summed E-state index contributed by atoms with van der Waals surface area (Å²) in [6, 6.07) is 0.745. The molecule has 0 aromatic carbocycles. The van der Waals surface area contributed by atoms with Gasteiger partial charge in [0.25, 0.3) is 0 Å². The SMILES string of the molecule is CCCNCC(C(C)C)N1CCC2CCCCC2C1. The first-order chi connectivity index (χ1) is 9.22. The Morgan fingerprint density at radius 1 is 1.11 bits per heavy atom. The number of hydrogen-bond donors (Lipinski definition) is 1. The van der Waals surface area contributed by atoms with Gasteiger partial charge in [0.05, 0.1) is 0 Å². The fourth-order valence-electron chi connectivity index (χ4n) is 4.14. The molecule has 112 valence electrons. The minimum Gasteiger partial charge on any atom is -0.315 e. The molecule has 19 heavy (non-hydrogen) atoms. The lowest BCUT2D eigenvalue weighted by Crippen LogP contribution is -2.52. The van der Waals surface area contributed by atoms with Crippen molar-refractivity contribution in [3.63, 3.8) is 0 Å². The van der Waals surface area contributed by atoms with Crippen LogP contribution in [0.3, 0.4) is 0 Å². The summed E-state index contributed by atoms with van der Waals surface area (Å²) in [5, 5.41) is 3.64. The molecule has 1 saturated heterocycles. The van der Waals surface area contributed by atoms with Crippen molar-refractivity contribution in [2.75, 3.05) is 26.2 Å². The Bertz CT molecular complexity index is 252. The highest BCUT2D eigenvalue weighted by atomic mass is 15.2. The van der Waals surface area contributed by atoms with Gasteiger partial charge >= 0.3 is 0 Å². The molecular weight excluding hydrogens is 232 g/mol. The molecule has 1 heterocycles. The monoisotopic (exact) mass is 266 g/mol. The summed E-state index contributed by atoms with van der Waals surface area (Å²) in [6.45, 7) is 12.1. The van der Waals surface area contributed by atoms with Crippen LogP contribution in [0.4, 0.5) is 0 Å². The summed E-state index contributed by atoms with van der Waals surface area (Å²) in [7, 11) is 0. The molecule has 0 radical (unpaired) electrons. The Morgan fingerprint density at radius 2 is 1.84 bits per heavy atom. The van der Waals surface area contributed by atoms with Crippen LogP contribution in [-0.4, -0.2) is 37.1 Å². The molecule has 1 N–H and O–H groups in total. The van der Waals surface area contributed by atoms with Gasteiger partial charge in [-0.15, -0.1) is 0 Å². The number of nitrogens with one attached hydrogen (secondary N) is 1. The lowest BCUT2D eigenvalue weighted by atomic mass is 9.74. The van der Waals surface area contributed by atoms with E-state index < -0.39 is 0 Å². The fourth-order valence-corrected chi connectivity index (χ4v) is 4.14. The van der Waals surface area contributed by atoms with Crippen molar-refractivity contribution in [2.24, 2.45) is 17.8 Å². The third-order valence-corrected chi connectivity index (χ3v) is 5.34. The van der Waals surface area contributed by atoms with Crippen LogP contribution >= 0.6 is 0 Å². The molecule has 0 amide bonds. The molecule has 0 spiro atoms. The van der Waals surface area contributed by atoms with Gasteiger partial charge in [-0.2, -0.15) is 0 Å². The number of nitrogens with zero attached hydrogens (tertiary/aromatic N) is 1. The maximum atomic E-state index is 3.64. The lowest BCUT2D eigenvalue weighted by molar-refractivity contribution is 0.0414. The molecule has 2 heteroatoms. The van der Waals surface area contributed by atoms with E-state index in [1.54, 1.807) is 0 Å². The number of fused-ring (bicyclic) bond motifs is 1. The number of rotatable bonds is 6. The Balaban J connectivity index is 1.86. The average molecular weight is 266 g/mol. The molecule has 1 saturated carbocycles. The van der Waals surface area contributed by atoms with Crippen LogP contribution in [-0.2, 0) is 0 Å². The van der Waals surface area contributed by atoms with Crippen LogP contribution in [0.25, 0.3) is 0 Å². The summed E-state index contributed by atoms with van der Waals surface area (Å²) < 4.78 is 0. The summed E-state index contributed by atoms with van der Waals surface area (Å²) in [4.78, 5) is 2.81. The van der Waals surface area contributed by atoms with Gasteiger partial charge in [0, 0.05) is 19.1 Å². The van der Waals surface area contributed by atoms with Gasteiger partial charge < -0.3 is 5.32 Å². The zero-order chi connectivity index (χ0) is 13.7. The van der Waals surface area contributed by atoms with Crippen molar-refractivity contribution in [2.45, 2.75) is 65.3 Å². The van der Waals surface area contributed by atoms with E-state index in [4.69, 9.17) is 0 Å². The van der Waals surface area contributed by atoms with Gasteiger partial charge in [-0.1, -0.05) is 40.0 Å². The number of likely N-dealkylation sites (tertiary alicyclic amines) is 1. The van der Waals surface area contributed by atoms with E-state index in [-0.39, 0.29) is 0 Å². The van der Waals surface area contributed by atoms with E-state index in [1.807, 2.05) is 0 Å². The second-order valence-electron chi connectivity index (χ2n) is 7.10. The smallest absolute Gasteiger partial charge is 0.0243 e. The molecule has 2 fully saturated rings. The van der Waals surface area contributed by atoms with Crippen LogP contribution in [0.15, 0.2) is 0 Å². The highest BCUT2D eigenvalue weighted by Gasteiger charge is 2.34. The van der Waals surface area contributed by atoms with Crippen LogP contribution in [0.5, 0.6) is 0 Å². The van der Waals surface area contributed by atoms with Gasteiger partial charge in [-0.25, -0.2) is 0 Å². The highest BCUT2D eigenvalue weighted by Crippen LogP contribution is 2.37. The van der Waals surface area contributed by atoms with Gasteiger partial charge in [-0.3, -0.25) is 4.90 Å². The second-order valence-corrected chi connectivity index (χ2v) is 7.10. The quantitative estimate of drug-likeness (QED) is 0.740. The molecule has 2 rings (SSSR count). The minimum absolute atomic E-state index is 0.745. The Kier molecular flexibility index (Phi) is 6.15. The highest BCUT2D eigenvalue weighted by molar-refractivity contribution is 4.88. The summed E-state index contributed by atoms with van der Waals surface area (Å²) in [5.41, 5.74) is 0. The molecule has 1 aliphatic carbocycles. The summed E-state index contributed by atoms with van der Waals surface area (Å²) in [6.07, 6.45) is 8.69. The predicted octanol–water partition coefficient (Wildman–Crippen LogP) is 3.52. The standard InChI is InChI=1S/C17H34N2/c1-4-10-18-12-17(14(2)3)19-11-9-15-7-5-6-8-16(15)13-19/h14-18H,4-13H2,1-3H3. The molecule has 0 bridgehead atoms. The normalized spacial score (nSPS) is 30.3. The lowest BCUT2D eigenvalue weighted by Gasteiger charge is -2.45. The van der Waals surface area contributed by atoms with E-state index in [0.717, 1.165) is 23.8 Å². The van der Waals surface area contributed by atoms with Crippen molar-refractivity contribution in [1.82, 2.24) is 10.2 Å². The van der Waals surface area contributed by atoms with Gasteiger partial charge in [-0.05, 0) is 50.1 Å². The molecule has 3 atom stereocenters. The molecule has 0 aromatic heterocycles. The minimum atomic E-state index is 0.745. The number of hydrogen-bond acceptors (Lipinski definition) is 2. The molecule has 1 aliphatic heterocycles. The largest absolute Gasteiger partial charge is 0.315 e. The maximum absolute atomic E-state index is 3.64. The molecule has 2 aliphatic rings. The third-order valence-electron chi connectivity index (χ3n) is 5.34. The van der Waals surface area contributed by atoms with Crippen molar-refractivity contribution >= 4 is 0 Å². The Labute approximate surface area is 120 Å². The molecule has 2 nitrogen and oxygen atoms in total. The third kappa shape index (κ3) is 4.19. The fraction of sp³-hybridized carbons (Fsp3) is 1.00. The maximum Gasteiger partial charge on any atom is 0.0243 e. The van der Waals surface area contributed by atoms with Crippen LogP contribution in [0, 0.1) is 17.8 Å². The number of piperidine rings is 1. The summed E-state index contributed by atoms with van der Waals surface area (Å²) >= 11 is 0. The van der Waals surface area contributed by atoms with E-state index >= 15 is 0 Å². The average Bonchev–Trinajstić information content (AvgIpc) is 2.43. The van der Waals surface area contributed by atoms with E-state index in [0.29, 0.717) is 0 Å². The first kappa shape index (κ1) is 15.3. The van der Waals surface area contributed by atoms with Gasteiger partial charge in [0.1, 0.15) is 0 Å². The first-order valence-electron chi connectivity index (χ1n) is 8.67. The van der Waals surface area contributed by atoms with Crippen LogP contribution in [0.2, 0.25) is 0 Å². The Hall–Kier alpha value is -0.0800. The van der Waals surface area contributed by atoms with E-state index in [2.05, 4.69) is 31.0 Å². The zero-order valence-electron chi connectivity index (χ0n) is 13.3. The predicted molar refractivity (Wildman–Crippen MR) is 83.4 cm³/mol. The second kappa shape index (κ2) is 7.64. The first-order valence-corrected chi connectivity index (χ1v) is 8.67. The van der Waals surface area contributed by atoms with E-state index in [9.17, 15) is 0 Å². The van der Waals surface area contributed by atoms with Crippen molar-refractivity contribution in [3.8, 4) is 0 Å². The van der Waals surface area contributed by atoms with Gasteiger partial charge in [0.15, 0.2) is 0 Å². The topological polar surface area (TPSA) is 15.3 Å². The van der Waals surface area contributed by atoms with Crippen molar-refractivity contribution < 1.29 is 0 Å². The summed E-state index contributed by atoms with van der Waals surface area (Å²) in [5.74, 6) is 2.83. The van der Waals surface area contributed by atoms with Crippen molar-refractivity contribution in [1.29, 1.82) is 0 Å². The van der Waals surface area contributed by atoms with Gasteiger partial charge in [0.2, 0.25) is 0 Å². The molecular formula is C17H34N2. The zero-order valence-corrected chi connectivity index (χ0v) is 13.3. The molecule has 3 unspecified atom stereocenters. The van der Waals surface area contributed by atoms with E-state index in [1.165, 1.54) is 64.7 Å². The van der Waals surface area contributed by atoms with Crippen LogP contribution < -0.4 is 5.32 Å². The van der Waals surface area contributed by atoms with Crippen LogP contribution in [0.1, 0.15) is 59.3 Å².